The molecule has 8 nitrogen and oxygen atoms in total. The molecule has 8 heteroatoms. The fourth-order valence-electron chi connectivity index (χ4n) is 2.40. The molecule has 3 aromatic rings. The zero-order chi connectivity index (χ0) is 19.4. The van der Waals surface area contributed by atoms with Crippen molar-refractivity contribution in [1.82, 2.24) is 20.5 Å². The molecule has 0 spiro atoms. The van der Waals surface area contributed by atoms with Gasteiger partial charge < -0.3 is 14.9 Å². The van der Waals surface area contributed by atoms with Crippen LogP contribution >= 0.6 is 0 Å². The van der Waals surface area contributed by atoms with Crippen molar-refractivity contribution < 1.29 is 19.2 Å². The molecule has 2 aromatic carbocycles. The molecule has 0 fully saturated rings. The van der Waals surface area contributed by atoms with Gasteiger partial charge in [0.1, 0.15) is 16.6 Å². The van der Waals surface area contributed by atoms with Gasteiger partial charge in [-0.2, -0.15) is 0 Å². The average Bonchev–Trinajstić information content (AvgIpc) is 3.02. The number of carbonyl (C=O) groups excluding carboxylic acids is 2. The van der Waals surface area contributed by atoms with Crippen molar-refractivity contribution in [2.45, 2.75) is 32.4 Å². The average molecular weight is 368 g/mol. The summed E-state index contributed by atoms with van der Waals surface area (Å²) in [6.45, 7) is 5.22. The van der Waals surface area contributed by atoms with Crippen LogP contribution in [0, 0.1) is 0 Å². The van der Waals surface area contributed by atoms with Gasteiger partial charge >= 0.3 is 12.1 Å². The maximum atomic E-state index is 12.8. The number of hydrogen-bond donors (Lipinski definition) is 1. The third-order valence-electron chi connectivity index (χ3n) is 3.53. The summed E-state index contributed by atoms with van der Waals surface area (Å²) in [5.74, 6) is -0.720. The maximum Gasteiger partial charge on any atom is 0.408 e. The summed E-state index contributed by atoms with van der Waals surface area (Å²) in [6, 6.07) is 14.7. The van der Waals surface area contributed by atoms with Gasteiger partial charge in [0.2, 0.25) is 0 Å². The van der Waals surface area contributed by atoms with Crippen LogP contribution in [0.4, 0.5) is 4.79 Å². The molecule has 0 radical (unpaired) electrons. The van der Waals surface area contributed by atoms with E-state index in [2.05, 4.69) is 15.6 Å². The van der Waals surface area contributed by atoms with Crippen LogP contribution in [0.1, 0.15) is 32.4 Å². The predicted octanol–water partition coefficient (Wildman–Crippen LogP) is 2.65. The smallest absolute Gasteiger partial charge is 0.408 e. The Kier molecular flexibility index (Phi) is 5.07. The Hall–Kier alpha value is -3.42. The molecule has 0 aliphatic heterocycles. The predicted molar refractivity (Wildman–Crippen MR) is 97.7 cm³/mol. The quantitative estimate of drug-likeness (QED) is 0.712. The van der Waals surface area contributed by atoms with Crippen molar-refractivity contribution in [2.24, 2.45) is 0 Å². The molecular formula is C19H20N4O4. The molecule has 0 aliphatic carbocycles. The Morgan fingerprint density at radius 2 is 1.70 bits per heavy atom. The Bertz CT molecular complexity index is 947. The van der Waals surface area contributed by atoms with Crippen LogP contribution in [0.3, 0.4) is 0 Å². The fourth-order valence-corrected chi connectivity index (χ4v) is 2.40. The number of rotatable bonds is 4. The molecule has 0 bridgehead atoms. The zero-order valence-electron chi connectivity index (χ0n) is 15.2. The standard InChI is InChI=1S/C19H20N4O4/c1-19(2,3)26-18(25)20-16(13-9-5-4-6-10-13)17(24)27-23-15-12-8-7-11-14(15)21-22-23/h4-12,16H,1-3H3,(H,20,25). The maximum absolute atomic E-state index is 12.8. The third kappa shape index (κ3) is 4.60. The van der Waals surface area contributed by atoms with Gasteiger partial charge in [0, 0.05) is 0 Å². The van der Waals surface area contributed by atoms with Crippen LogP contribution in [-0.2, 0) is 9.53 Å². The summed E-state index contributed by atoms with van der Waals surface area (Å²) >= 11 is 0. The highest BCUT2D eigenvalue weighted by molar-refractivity contribution is 5.83. The van der Waals surface area contributed by atoms with Crippen LogP contribution in [0.25, 0.3) is 11.0 Å². The minimum Gasteiger partial charge on any atom is -0.444 e. The van der Waals surface area contributed by atoms with Crippen molar-refractivity contribution in [1.29, 1.82) is 0 Å². The number of aromatic nitrogens is 3. The van der Waals surface area contributed by atoms with E-state index in [0.29, 0.717) is 16.6 Å². The summed E-state index contributed by atoms with van der Waals surface area (Å²) in [7, 11) is 0. The normalized spacial score (nSPS) is 12.4. The molecule has 1 unspecified atom stereocenters. The van der Waals surface area contributed by atoms with Gasteiger partial charge in [-0.3, -0.25) is 0 Å². The summed E-state index contributed by atoms with van der Waals surface area (Å²) in [5, 5.41) is 10.3. The first-order valence-corrected chi connectivity index (χ1v) is 8.40. The molecule has 0 saturated carbocycles. The van der Waals surface area contributed by atoms with E-state index in [-0.39, 0.29) is 0 Å². The van der Waals surface area contributed by atoms with E-state index in [1.165, 1.54) is 0 Å². The van der Waals surface area contributed by atoms with E-state index in [9.17, 15) is 9.59 Å². The first-order valence-electron chi connectivity index (χ1n) is 8.40. The second-order valence-corrected chi connectivity index (χ2v) is 6.85. The number of para-hydroxylation sites is 1. The van der Waals surface area contributed by atoms with Crippen molar-refractivity contribution in [3.8, 4) is 0 Å². The van der Waals surface area contributed by atoms with Crippen LogP contribution in [0.15, 0.2) is 54.6 Å². The monoisotopic (exact) mass is 368 g/mol. The molecule has 0 aliphatic rings. The molecule has 27 heavy (non-hydrogen) atoms. The highest BCUT2D eigenvalue weighted by atomic mass is 16.7. The SMILES string of the molecule is CC(C)(C)OC(=O)NC(C(=O)On1nnc2ccccc21)c1ccccc1. The summed E-state index contributed by atoms with van der Waals surface area (Å²) in [5.41, 5.74) is 0.978. The van der Waals surface area contributed by atoms with E-state index in [0.717, 1.165) is 4.85 Å². The molecule has 1 N–H and O–H groups in total. The van der Waals surface area contributed by atoms with Crippen LogP contribution in [0.2, 0.25) is 0 Å². The van der Waals surface area contributed by atoms with Gasteiger partial charge in [0.25, 0.3) is 0 Å². The molecule has 1 atom stereocenters. The number of fused-ring (bicyclic) bond motifs is 1. The van der Waals surface area contributed by atoms with Gasteiger partial charge in [-0.15, -0.1) is 5.10 Å². The van der Waals surface area contributed by atoms with Crippen molar-refractivity contribution >= 4 is 23.1 Å². The molecule has 0 saturated heterocycles. The minimum absolute atomic E-state index is 0.537. The summed E-state index contributed by atoms with van der Waals surface area (Å²) in [4.78, 5) is 31.3. The largest absolute Gasteiger partial charge is 0.444 e. The summed E-state index contributed by atoms with van der Waals surface area (Å²) in [6.07, 6.45) is -0.725. The van der Waals surface area contributed by atoms with Crippen molar-refractivity contribution in [2.75, 3.05) is 0 Å². The highest BCUT2D eigenvalue weighted by Gasteiger charge is 2.28. The molecule has 1 amide bonds. The Labute approximate surface area is 156 Å². The number of benzene rings is 2. The van der Waals surface area contributed by atoms with Gasteiger partial charge in [-0.25, -0.2) is 9.59 Å². The molecular weight excluding hydrogens is 348 g/mol. The zero-order valence-corrected chi connectivity index (χ0v) is 15.2. The van der Waals surface area contributed by atoms with Crippen molar-refractivity contribution in [3.05, 3.63) is 60.2 Å². The lowest BCUT2D eigenvalue weighted by atomic mass is 10.1. The Morgan fingerprint density at radius 3 is 2.41 bits per heavy atom. The van der Waals surface area contributed by atoms with E-state index in [1.54, 1.807) is 69.3 Å². The number of alkyl carbamates (subject to hydrolysis) is 1. The second-order valence-electron chi connectivity index (χ2n) is 6.85. The number of ether oxygens (including phenoxy) is 1. The van der Waals surface area contributed by atoms with Crippen LogP contribution in [0.5, 0.6) is 0 Å². The molecule has 3 rings (SSSR count). The summed E-state index contributed by atoms with van der Waals surface area (Å²) < 4.78 is 5.25. The van der Waals surface area contributed by atoms with E-state index in [4.69, 9.17) is 9.57 Å². The van der Waals surface area contributed by atoms with Crippen LogP contribution < -0.4 is 10.2 Å². The lowest BCUT2D eigenvalue weighted by Crippen LogP contribution is -2.41. The topological polar surface area (TPSA) is 95.3 Å². The third-order valence-corrected chi connectivity index (χ3v) is 3.53. The second kappa shape index (κ2) is 7.45. The van der Waals surface area contributed by atoms with Gasteiger partial charge in [0.05, 0.1) is 0 Å². The first kappa shape index (κ1) is 18.4. The molecule has 140 valence electrons. The first-order chi connectivity index (χ1) is 12.8. The highest BCUT2D eigenvalue weighted by Crippen LogP contribution is 2.16. The van der Waals surface area contributed by atoms with E-state index in [1.807, 2.05) is 6.07 Å². The molecule has 1 aromatic heterocycles. The Morgan fingerprint density at radius 1 is 1.04 bits per heavy atom. The van der Waals surface area contributed by atoms with E-state index < -0.39 is 23.7 Å². The van der Waals surface area contributed by atoms with Crippen LogP contribution in [-0.4, -0.2) is 32.8 Å². The fraction of sp³-hybridized carbons (Fsp3) is 0.263. The van der Waals surface area contributed by atoms with Gasteiger partial charge in [0.15, 0.2) is 6.04 Å². The number of hydrogen-bond acceptors (Lipinski definition) is 6. The number of carbonyl (C=O) groups is 2. The lowest BCUT2D eigenvalue weighted by molar-refractivity contribution is -0.148. The minimum atomic E-state index is -1.07. The lowest BCUT2D eigenvalue weighted by Gasteiger charge is -2.22. The van der Waals surface area contributed by atoms with Gasteiger partial charge in [-0.1, -0.05) is 47.3 Å². The van der Waals surface area contributed by atoms with Gasteiger partial charge in [-0.05, 0) is 43.7 Å². The molecule has 1 heterocycles. The number of nitrogens with one attached hydrogen (secondary N) is 1. The van der Waals surface area contributed by atoms with Crippen molar-refractivity contribution in [3.63, 3.8) is 0 Å². The number of amides is 1. The number of nitrogens with zero attached hydrogens (tertiary/aromatic N) is 3. The Balaban J connectivity index is 1.83. The van der Waals surface area contributed by atoms with E-state index >= 15 is 0 Å².